The molecule has 0 saturated heterocycles. The lowest BCUT2D eigenvalue weighted by atomic mass is 9.97. The Morgan fingerprint density at radius 2 is 2.08 bits per heavy atom. The lowest BCUT2D eigenvalue weighted by Crippen LogP contribution is -2.43. The van der Waals surface area contributed by atoms with Crippen LogP contribution in [0, 0.1) is 11.3 Å². The quantitative estimate of drug-likeness (QED) is 0.669. The molecule has 2 atom stereocenters. The van der Waals surface area contributed by atoms with Crippen molar-refractivity contribution >= 4 is 11.6 Å². The summed E-state index contributed by atoms with van der Waals surface area (Å²) in [6, 6.07) is 7.26. The Morgan fingerprint density at radius 1 is 1.36 bits per heavy atom. The van der Waals surface area contributed by atoms with Crippen LogP contribution in [0.25, 0.3) is 0 Å². The molecule has 0 fully saturated rings. The third kappa shape index (κ3) is 6.06. The van der Waals surface area contributed by atoms with Crippen LogP contribution in [-0.4, -0.2) is 24.2 Å². The fourth-order valence-electron chi connectivity index (χ4n) is 2.45. The zero-order chi connectivity index (χ0) is 18.9. The number of nitrogens with zero attached hydrogens (tertiary/aromatic N) is 1. The molecule has 1 rings (SSSR count). The smallest absolute Gasteiger partial charge is 0.256 e. The number of hydrogen-bond acceptors (Lipinski definition) is 4. The predicted molar refractivity (Wildman–Crippen MR) is 99.7 cm³/mol. The van der Waals surface area contributed by atoms with Crippen LogP contribution in [0.4, 0.5) is 5.69 Å². The van der Waals surface area contributed by atoms with Crippen molar-refractivity contribution in [3.63, 3.8) is 0 Å². The zero-order valence-corrected chi connectivity index (χ0v) is 16.0. The molecule has 1 aromatic rings. The van der Waals surface area contributed by atoms with Crippen molar-refractivity contribution in [2.45, 2.75) is 72.0 Å². The van der Waals surface area contributed by atoms with Crippen LogP contribution in [0.5, 0.6) is 5.75 Å². The third-order valence-corrected chi connectivity index (χ3v) is 4.22. The fraction of sp³-hybridized carbons (Fsp3) is 0.600. The summed E-state index contributed by atoms with van der Waals surface area (Å²) in [6.07, 6.45) is 3.48. The number of nitrogens with one attached hydrogen (secondary N) is 1. The van der Waals surface area contributed by atoms with Gasteiger partial charge in [-0.15, -0.1) is 0 Å². The fourth-order valence-corrected chi connectivity index (χ4v) is 2.45. The van der Waals surface area contributed by atoms with E-state index in [-0.39, 0.29) is 12.0 Å². The number of amides is 1. The SMILES string of the molecule is CCCC[C@@](C)(OCC)C(=O)Nc1ccc(O[C@@H](C)CC)cc1C#N. The van der Waals surface area contributed by atoms with Gasteiger partial charge in [0.1, 0.15) is 17.4 Å². The normalized spacial score (nSPS) is 14.2. The van der Waals surface area contributed by atoms with E-state index in [1.54, 1.807) is 25.1 Å². The van der Waals surface area contributed by atoms with Crippen molar-refractivity contribution < 1.29 is 14.3 Å². The second-order valence-corrected chi connectivity index (χ2v) is 6.38. The van der Waals surface area contributed by atoms with E-state index in [0.29, 0.717) is 30.0 Å². The molecule has 25 heavy (non-hydrogen) atoms. The second kappa shape index (κ2) is 10.0. The number of benzene rings is 1. The van der Waals surface area contributed by atoms with Gasteiger partial charge in [-0.25, -0.2) is 0 Å². The highest BCUT2D eigenvalue weighted by Crippen LogP contribution is 2.26. The van der Waals surface area contributed by atoms with E-state index in [9.17, 15) is 10.1 Å². The van der Waals surface area contributed by atoms with E-state index in [2.05, 4.69) is 18.3 Å². The van der Waals surface area contributed by atoms with Gasteiger partial charge in [-0.2, -0.15) is 5.26 Å². The highest BCUT2D eigenvalue weighted by atomic mass is 16.5. The van der Waals surface area contributed by atoms with E-state index >= 15 is 0 Å². The molecule has 0 radical (unpaired) electrons. The van der Waals surface area contributed by atoms with Crippen molar-refractivity contribution in [2.75, 3.05) is 11.9 Å². The van der Waals surface area contributed by atoms with Gasteiger partial charge in [0.25, 0.3) is 5.91 Å². The Bertz CT molecular complexity index is 609. The topological polar surface area (TPSA) is 71.3 Å². The minimum atomic E-state index is -0.899. The molecule has 138 valence electrons. The Morgan fingerprint density at radius 3 is 2.64 bits per heavy atom. The first kappa shape index (κ1) is 21.0. The van der Waals surface area contributed by atoms with Crippen molar-refractivity contribution in [3.05, 3.63) is 23.8 Å². The van der Waals surface area contributed by atoms with Crippen molar-refractivity contribution in [1.29, 1.82) is 5.26 Å². The van der Waals surface area contributed by atoms with E-state index in [1.165, 1.54) is 0 Å². The third-order valence-electron chi connectivity index (χ3n) is 4.22. The van der Waals surface area contributed by atoms with Crippen LogP contribution in [0.3, 0.4) is 0 Å². The molecule has 0 unspecified atom stereocenters. The molecule has 0 aliphatic heterocycles. The number of anilines is 1. The number of carbonyl (C=O) groups excluding carboxylic acids is 1. The molecule has 0 aliphatic rings. The number of hydrogen-bond donors (Lipinski definition) is 1. The molecule has 5 heteroatoms. The van der Waals surface area contributed by atoms with Crippen LogP contribution in [0.1, 0.15) is 65.9 Å². The first-order valence-corrected chi connectivity index (χ1v) is 9.06. The van der Waals surface area contributed by atoms with Gasteiger partial charge in [-0.05, 0) is 45.7 Å². The van der Waals surface area contributed by atoms with Gasteiger partial charge in [0.15, 0.2) is 0 Å². The van der Waals surface area contributed by atoms with Gasteiger partial charge in [0, 0.05) is 12.7 Å². The molecule has 1 amide bonds. The first-order chi connectivity index (χ1) is 11.9. The number of ether oxygens (including phenoxy) is 2. The molecule has 0 bridgehead atoms. The highest BCUT2D eigenvalue weighted by molar-refractivity contribution is 5.98. The summed E-state index contributed by atoms with van der Waals surface area (Å²) in [5.74, 6) is 0.400. The number of carbonyl (C=O) groups is 1. The molecule has 5 nitrogen and oxygen atoms in total. The summed E-state index contributed by atoms with van der Waals surface area (Å²) in [5.41, 5.74) is -0.0430. The van der Waals surface area contributed by atoms with Gasteiger partial charge in [0.05, 0.1) is 17.4 Å². The summed E-state index contributed by atoms with van der Waals surface area (Å²) in [7, 11) is 0. The van der Waals surface area contributed by atoms with Crippen molar-refractivity contribution in [1.82, 2.24) is 0 Å². The summed E-state index contributed by atoms with van der Waals surface area (Å²) < 4.78 is 11.4. The van der Waals surface area contributed by atoms with Crippen LogP contribution >= 0.6 is 0 Å². The summed E-state index contributed by atoms with van der Waals surface area (Å²) in [5, 5.41) is 12.3. The number of rotatable bonds is 10. The van der Waals surface area contributed by atoms with E-state index < -0.39 is 5.60 Å². The maximum absolute atomic E-state index is 12.7. The highest BCUT2D eigenvalue weighted by Gasteiger charge is 2.33. The zero-order valence-electron chi connectivity index (χ0n) is 16.0. The summed E-state index contributed by atoms with van der Waals surface area (Å²) in [4.78, 5) is 12.7. The molecular weight excluding hydrogens is 316 g/mol. The maximum atomic E-state index is 12.7. The average molecular weight is 346 g/mol. The Hall–Kier alpha value is -2.06. The largest absolute Gasteiger partial charge is 0.491 e. The van der Waals surface area contributed by atoms with E-state index in [1.807, 2.05) is 20.8 Å². The van der Waals surface area contributed by atoms with Crippen molar-refractivity contribution in [3.8, 4) is 11.8 Å². The Kier molecular flexibility index (Phi) is 8.44. The molecule has 0 aliphatic carbocycles. The van der Waals surface area contributed by atoms with Crippen LogP contribution in [0.2, 0.25) is 0 Å². The number of unbranched alkanes of at least 4 members (excludes halogenated alkanes) is 1. The molecule has 0 aromatic heterocycles. The maximum Gasteiger partial charge on any atom is 0.256 e. The van der Waals surface area contributed by atoms with Gasteiger partial charge in [-0.1, -0.05) is 26.7 Å². The van der Waals surface area contributed by atoms with Gasteiger partial charge in [0.2, 0.25) is 0 Å². The van der Waals surface area contributed by atoms with E-state index in [4.69, 9.17) is 9.47 Å². The average Bonchev–Trinajstić information content (AvgIpc) is 2.61. The Labute approximate surface area is 151 Å². The lowest BCUT2D eigenvalue weighted by Gasteiger charge is -2.28. The summed E-state index contributed by atoms with van der Waals surface area (Å²) >= 11 is 0. The van der Waals surface area contributed by atoms with Crippen LogP contribution < -0.4 is 10.1 Å². The minimum absolute atomic E-state index is 0.0715. The molecule has 0 saturated carbocycles. The predicted octanol–water partition coefficient (Wildman–Crippen LogP) is 4.66. The standard InChI is InChI=1S/C20H30N2O3/c1-6-9-12-20(5,24-8-3)19(23)22-18-11-10-17(13-16(18)14-21)25-15(4)7-2/h10-11,13,15H,6-9,12H2,1-5H3,(H,22,23)/t15-,20+/m0/s1. The Balaban J connectivity index is 2.96. The van der Waals surface area contributed by atoms with Gasteiger partial charge in [-0.3, -0.25) is 4.79 Å². The van der Waals surface area contributed by atoms with Gasteiger partial charge >= 0.3 is 0 Å². The molecule has 0 spiro atoms. The van der Waals surface area contributed by atoms with Crippen LogP contribution in [0.15, 0.2) is 18.2 Å². The lowest BCUT2D eigenvalue weighted by molar-refractivity contribution is -0.139. The number of nitriles is 1. The minimum Gasteiger partial charge on any atom is -0.491 e. The van der Waals surface area contributed by atoms with Gasteiger partial charge < -0.3 is 14.8 Å². The van der Waals surface area contributed by atoms with E-state index in [0.717, 1.165) is 19.3 Å². The molecule has 0 heterocycles. The molecule has 1 N–H and O–H groups in total. The van der Waals surface area contributed by atoms with Crippen molar-refractivity contribution in [2.24, 2.45) is 0 Å². The molecule has 1 aromatic carbocycles. The summed E-state index contributed by atoms with van der Waals surface area (Å²) in [6.45, 7) is 10.2. The molecular formula is C20H30N2O3. The monoisotopic (exact) mass is 346 g/mol. The first-order valence-electron chi connectivity index (χ1n) is 9.06. The second-order valence-electron chi connectivity index (χ2n) is 6.38. The van der Waals surface area contributed by atoms with Crippen LogP contribution in [-0.2, 0) is 9.53 Å².